The summed E-state index contributed by atoms with van der Waals surface area (Å²) in [5, 5.41) is 0. The summed E-state index contributed by atoms with van der Waals surface area (Å²) >= 11 is 3.23. The molecule has 3 nitrogen and oxygen atoms in total. The zero-order valence-corrected chi connectivity index (χ0v) is 11.7. The predicted octanol–water partition coefficient (Wildman–Crippen LogP) is 2.61. The van der Waals surface area contributed by atoms with Crippen LogP contribution in [0.15, 0.2) is 39.7 Å². The maximum atomic E-state index is 11.9. The zero-order chi connectivity index (χ0) is 12.3. The fraction of sp³-hybridized carbons (Fsp3) is 0.273. The van der Waals surface area contributed by atoms with Crippen molar-refractivity contribution in [3.63, 3.8) is 0 Å². The third kappa shape index (κ3) is 3.43. The van der Waals surface area contributed by atoms with E-state index in [1.54, 1.807) is 19.1 Å². The maximum Gasteiger partial charge on any atom is 0.241 e. The molecule has 0 unspecified atom stereocenters. The zero-order valence-electron chi connectivity index (χ0n) is 9.25. The molecule has 0 saturated carbocycles. The van der Waals surface area contributed by atoms with Crippen molar-refractivity contribution >= 4 is 26.0 Å². The number of rotatable bonds is 4. The van der Waals surface area contributed by atoms with Crippen molar-refractivity contribution in [3.05, 3.63) is 40.4 Å². The molecule has 0 amide bonds. The van der Waals surface area contributed by atoms with Crippen molar-refractivity contribution in [2.24, 2.45) is 0 Å². The Morgan fingerprint density at radius 1 is 1.50 bits per heavy atom. The van der Waals surface area contributed by atoms with E-state index in [0.717, 1.165) is 11.1 Å². The van der Waals surface area contributed by atoms with Gasteiger partial charge in [-0.05, 0) is 47.5 Å². The first-order chi connectivity index (χ1) is 7.33. The monoisotopic (exact) mass is 303 g/mol. The second-order valence-corrected chi connectivity index (χ2v) is 6.31. The van der Waals surface area contributed by atoms with Crippen LogP contribution in [-0.4, -0.2) is 15.0 Å². The van der Waals surface area contributed by atoms with Crippen LogP contribution >= 0.6 is 15.9 Å². The number of hydrogen-bond donors (Lipinski definition) is 1. The molecule has 0 saturated heterocycles. The van der Waals surface area contributed by atoms with Crippen molar-refractivity contribution in [1.82, 2.24) is 4.72 Å². The molecule has 0 aliphatic rings. The normalized spacial score (nSPS) is 11.4. The van der Waals surface area contributed by atoms with E-state index in [-0.39, 0.29) is 11.4 Å². The van der Waals surface area contributed by atoms with Gasteiger partial charge in [-0.1, -0.05) is 18.2 Å². The summed E-state index contributed by atoms with van der Waals surface area (Å²) in [4.78, 5) is 0.258. The minimum absolute atomic E-state index is 0.253. The van der Waals surface area contributed by atoms with Crippen LogP contribution in [0.2, 0.25) is 0 Å². The van der Waals surface area contributed by atoms with Crippen LogP contribution in [0.5, 0.6) is 0 Å². The molecule has 1 aromatic carbocycles. The third-order valence-electron chi connectivity index (χ3n) is 1.94. The van der Waals surface area contributed by atoms with Crippen LogP contribution in [0.25, 0.3) is 0 Å². The summed E-state index contributed by atoms with van der Waals surface area (Å²) < 4.78 is 26.9. The van der Waals surface area contributed by atoms with Gasteiger partial charge in [-0.25, -0.2) is 13.1 Å². The van der Waals surface area contributed by atoms with Gasteiger partial charge in [0.15, 0.2) is 0 Å². The van der Waals surface area contributed by atoms with Gasteiger partial charge in [0, 0.05) is 11.0 Å². The van der Waals surface area contributed by atoms with Crippen LogP contribution < -0.4 is 4.72 Å². The van der Waals surface area contributed by atoms with Crippen molar-refractivity contribution in [2.75, 3.05) is 6.54 Å². The molecule has 0 spiro atoms. The van der Waals surface area contributed by atoms with Crippen molar-refractivity contribution in [3.8, 4) is 0 Å². The molecule has 0 bridgehead atoms. The largest absolute Gasteiger partial charge is 0.241 e. The standard InChI is InChI=1S/C11H14BrNO2S/c1-8(2)7-13-16(14,15)11-6-9(3)4-5-10(11)12/h4-6,13H,1,7H2,2-3H3. The van der Waals surface area contributed by atoms with Crippen LogP contribution in [0.3, 0.4) is 0 Å². The first kappa shape index (κ1) is 13.4. The number of hydrogen-bond acceptors (Lipinski definition) is 2. The summed E-state index contributed by atoms with van der Waals surface area (Å²) in [5.41, 5.74) is 1.67. The van der Waals surface area contributed by atoms with E-state index >= 15 is 0 Å². The van der Waals surface area contributed by atoms with Gasteiger partial charge in [0.2, 0.25) is 10.0 Å². The summed E-state index contributed by atoms with van der Waals surface area (Å²) in [6, 6.07) is 5.21. The lowest BCUT2D eigenvalue weighted by molar-refractivity contribution is 0.584. The fourth-order valence-electron chi connectivity index (χ4n) is 1.11. The lowest BCUT2D eigenvalue weighted by atomic mass is 10.2. The highest BCUT2D eigenvalue weighted by Crippen LogP contribution is 2.22. The van der Waals surface area contributed by atoms with Gasteiger partial charge in [0.1, 0.15) is 0 Å². The van der Waals surface area contributed by atoms with Crippen LogP contribution in [-0.2, 0) is 10.0 Å². The molecule has 88 valence electrons. The molecular formula is C11H14BrNO2S. The van der Waals surface area contributed by atoms with Crippen molar-refractivity contribution in [1.29, 1.82) is 0 Å². The highest BCUT2D eigenvalue weighted by atomic mass is 79.9. The smallest absolute Gasteiger partial charge is 0.207 e. The molecule has 1 aromatic rings. The Morgan fingerprint density at radius 3 is 2.69 bits per heavy atom. The minimum Gasteiger partial charge on any atom is -0.207 e. The number of nitrogens with one attached hydrogen (secondary N) is 1. The van der Waals surface area contributed by atoms with Gasteiger partial charge in [-0.2, -0.15) is 0 Å². The molecule has 0 heterocycles. The van der Waals surface area contributed by atoms with Gasteiger partial charge in [0.05, 0.1) is 4.90 Å². The molecule has 0 aliphatic heterocycles. The minimum atomic E-state index is -3.47. The quantitative estimate of drug-likeness (QED) is 0.869. The van der Waals surface area contributed by atoms with Gasteiger partial charge >= 0.3 is 0 Å². The summed E-state index contributed by atoms with van der Waals surface area (Å²) in [7, 11) is -3.47. The number of sulfonamides is 1. The van der Waals surface area contributed by atoms with Gasteiger partial charge in [-0.3, -0.25) is 0 Å². The maximum absolute atomic E-state index is 11.9. The first-order valence-electron chi connectivity index (χ1n) is 4.73. The van der Waals surface area contributed by atoms with E-state index in [4.69, 9.17) is 0 Å². The summed E-state index contributed by atoms with van der Waals surface area (Å²) in [6.45, 7) is 7.53. The molecule has 1 rings (SSSR count). The molecule has 0 fully saturated rings. The van der Waals surface area contributed by atoms with E-state index in [9.17, 15) is 8.42 Å². The van der Waals surface area contributed by atoms with E-state index in [1.807, 2.05) is 13.0 Å². The van der Waals surface area contributed by atoms with Gasteiger partial charge in [-0.15, -0.1) is 0 Å². The van der Waals surface area contributed by atoms with E-state index in [0.29, 0.717) is 4.47 Å². The summed E-state index contributed by atoms with van der Waals surface area (Å²) in [5.74, 6) is 0. The molecule has 0 atom stereocenters. The Labute approximate surface area is 105 Å². The predicted molar refractivity (Wildman–Crippen MR) is 68.9 cm³/mol. The lowest BCUT2D eigenvalue weighted by Crippen LogP contribution is -2.25. The molecule has 1 N–H and O–H groups in total. The third-order valence-corrected chi connectivity index (χ3v) is 4.34. The molecule has 0 aliphatic carbocycles. The van der Waals surface area contributed by atoms with Gasteiger partial charge < -0.3 is 0 Å². The second-order valence-electron chi connectivity index (χ2n) is 3.72. The lowest BCUT2D eigenvalue weighted by Gasteiger charge is -2.09. The fourth-order valence-corrected chi connectivity index (χ4v) is 3.26. The van der Waals surface area contributed by atoms with E-state index < -0.39 is 10.0 Å². The average molecular weight is 304 g/mol. The number of benzene rings is 1. The number of halogens is 1. The van der Waals surface area contributed by atoms with Crippen LogP contribution in [0.1, 0.15) is 12.5 Å². The highest BCUT2D eigenvalue weighted by molar-refractivity contribution is 9.10. The topological polar surface area (TPSA) is 46.2 Å². The van der Waals surface area contributed by atoms with E-state index in [2.05, 4.69) is 27.2 Å². The first-order valence-corrected chi connectivity index (χ1v) is 7.01. The van der Waals surface area contributed by atoms with Gasteiger partial charge in [0.25, 0.3) is 0 Å². The highest BCUT2D eigenvalue weighted by Gasteiger charge is 2.16. The Bertz CT molecular complexity index is 509. The molecular weight excluding hydrogens is 290 g/mol. The van der Waals surface area contributed by atoms with Crippen LogP contribution in [0, 0.1) is 6.92 Å². The molecule has 0 aromatic heterocycles. The molecule has 5 heteroatoms. The van der Waals surface area contributed by atoms with Crippen LogP contribution in [0.4, 0.5) is 0 Å². The van der Waals surface area contributed by atoms with Crippen molar-refractivity contribution < 1.29 is 8.42 Å². The Kier molecular flexibility index (Phi) is 4.29. The van der Waals surface area contributed by atoms with Crippen molar-refractivity contribution in [2.45, 2.75) is 18.7 Å². The Balaban J connectivity index is 3.07. The second kappa shape index (κ2) is 5.12. The number of aryl methyl sites for hydroxylation is 1. The average Bonchev–Trinajstić information content (AvgIpc) is 2.19. The SMILES string of the molecule is C=C(C)CNS(=O)(=O)c1cc(C)ccc1Br. The molecule has 16 heavy (non-hydrogen) atoms. The summed E-state index contributed by atoms with van der Waals surface area (Å²) in [6.07, 6.45) is 0. The molecule has 0 radical (unpaired) electrons. The van der Waals surface area contributed by atoms with E-state index in [1.165, 1.54) is 0 Å². The Hall–Kier alpha value is -0.650. The Morgan fingerprint density at radius 2 is 2.12 bits per heavy atom.